The van der Waals surface area contributed by atoms with E-state index in [0.29, 0.717) is 19.5 Å². The summed E-state index contributed by atoms with van der Waals surface area (Å²) in [5.74, 6) is 0.109. The predicted molar refractivity (Wildman–Crippen MR) is 84.3 cm³/mol. The monoisotopic (exact) mass is 344 g/mol. The Labute approximate surface area is 139 Å². The molecule has 24 heavy (non-hydrogen) atoms. The average molecular weight is 344 g/mol. The number of hydrogen-bond acceptors (Lipinski definition) is 3. The molecule has 1 aromatic rings. The third-order valence-corrected chi connectivity index (χ3v) is 4.31. The van der Waals surface area contributed by atoms with Gasteiger partial charge in [-0.3, -0.25) is 4.79 Å². The predicted octanol–water partition coefficient (Wildman–Crippen LogP) is 2.47. The maximum absolute atomic E-state index is 13.1. The lowest BCUT2D eigenvalue weighted by molar-refractivity contribution is -0.141. The van der Waals surface area contributed by atoms with Crippen molar-refractivity contribution in [3.8, 4) is 0 Å². The smallest absolute Gasteiger partial charge is 0.384 e. The number of hydrogen-bond donors (Lipinski definition) is 1. The minimum atomic E-state index is -4.51. The van der Waals surface area contributed by atoms with Crippen LogP contribution in [0.1, 0.15) is 30.9 Å². The molecule has 134 valence electrons. The summed E-state index contributed by atoms with van der Waals surface area (Å²) in [6.45, 7) is 3.17. The summed E-state index contributed by atoms with van der Waals surface area (Å²) in [7, 11) is 1.73. The number of nitrogens with zero attached hydrogens (tertiary/aromatic N) is 2. The fourth-order valence-electron chi connectivity index (χ4n) is 3.12. The summed E-state index contributed by atoms with van der Waals surface area (Å²) in [6.07, 6.45) is -3.11. The summed E-state index contributed by atoms with van der Waals surface area (Å²) in [6, 6.07) is 5.08. The number of benzene rings is 1. The van der Waals surface area contributed by atoms with Gasteiger partial charge in [0.2, 0.25) is 5.91 Å². The van der Waals surface area contributed by atoms with Crippen molar-refractivity contribution in [1.29, 1.82) is 0 Å². The van der Waals surface area contributed by atoms with Gasteiger partial charge in [0.15, 0.2) is 0 Å². The number of alkyl halides is 3. The largest absolute Gasteiger partial charge is 0.416 e. The van der Waals surface area contributed by atoms with Crippen molar-refractivity contribution < 1.29 is 23.1 Å². The molecule has 0 aromatic heterocycles. The second-order valence-electron chi connectivity index (χ2n) is 6.54. The van der Waals surface area contributed by atoms with Crippen LogP contribution in [0.2, 0.25) is 0 Å². The molecule has 2 rings (SSSR count). The summed E-state index contributed by atoms with van der Waals surface area (Å²) >= 11 is 0. The van der Waals surface area contributed by atoms with Gasteiger partial charge in [-0.25, -0.2) is 0 Å². The van der Waals surface area contributed by atoms with Crippen LogP contribution < -0.4 is 0 Å². The van der Waals surface area contributed by atoms with Crippen LogP contribution >= 0.6 is 0 Å². The van der Waals surface area contributed by atoms with Crippen LogP contribution in [-0.2, 0) is 16.6 Å². The Balaban J connectivity index is 2.04. The minimum absolute atomic E-state index is 0.0438. The van der Waals surface area contributed by atoms with Crippen LogP contribution in [0.3, 0.4) is 0 Å². The van der Waals surface area contributed by atoms with Gasteiger partial charge in [-0.15, -0.1) is 0 Å². The van der Waals surface area contributed by atoms with Crippen molar-refractivity contribution >= 4 is 5.91 Å². The van der Waals surface area contributed by atoms with Gasteiger partial charge in [0.05, 0.1) is 5.56 Å². The molecule has 1 fully saturated rings. The first-order valence-corrected chi connectivity index (χ1v) is 7.96. The standard InChI is InChI=1S/C17H23F3N2O2/c1-16(24,13-6-3-4-7-14(13)17(18,19)20)12-21(2)10-11-22-9-5-8-15(22)23/h3-4,6-7,24H,5,8-12H2,1-2H3. The Morgan fingerprint density at radius 1 is 1.25 bits per heavy atom. The lowest BCUT2D eigenvalue weighted by Crippen LogP contribution is -2.41. The molecule has 1 aliphatic heterocycles. The van der Waals surface area contributed by atoms with Gasteiger partial charge in [-0.1, -0.05) is 18.2 Å². The molecule has 1 atom stereocenters. The van der Waals surface area contributed by atoms with Crippen LogP contribution in [0.4, 0.5) is 13.2 Å². The zero-order chi connectivity index (χ0) is 18.0. The molecule has 0 saturated carbocycles. The Hall–Kier alpha value is -1.60. The van der Waals surface area contributed by atoms with E-state index < -0.39 is 17.3 Å². The molecule has 1 heterocycles. The fraction of sp³-hybridized carbons (Fsp3) is 0.588. The molecule has 4 nitrogen and oxygen atoms in total. The highest BCUT2D eigenvalue weighted by molar-refractivity contribution is 5.78. The van der Waals surface area contributed by atoms with E-state index in [1.807, 2.05) is 0 Å². The third kappa shape index (κ3) is 4.48. The number of halogens is 3. The van der Waals surface area contributed by atoms with Crippen molar-refractivity contribution in [1.82, 2.24) is 9.80 Å². The van der Waals surface area contributed by atoms with Gasteiger partial charge in [0.1, 0.15) is 5.60 Å². The number of rotatable bonds is 6. The molecule has 7 heteroatoms. The minimum Gasteiger partial charge on any atom is -0.384 e. The van der Waals surface area contributed by atoms with Gasteiger partial charge in [-0.2, -0.15) is 13.2 Å². The number of carbonyl (C=O) groups is 1. The summed E-state index contributed by atoms with van der Waals surface area (Å²) in [5.41, 5.74) is -2.60. The van der Waals surface area contributed by atoms with Gasteiger partial charge in [0, 0.05) is 32.6 Å². The quantitative estimate of drug-likeness (QED) is 0.862. The molecule has 0 bridgehead atoms. The highest BCUT2D eigenvalue weighted by atomic mass is 19.4. The van der Waals surface area contributed by atoms with Gasteiger partial charge in [-0.05, 0) is 32.0 Å². The first-order chi connectivity index (χ1) is 11.1. The normalized spacial score (nSPS) is 18.3. The maximum Gasteiger partial charge on any atom is 0.416 e. The summed E-state index contributed by atoms with van der Waals surface area (Å²) < 4.78 is 39.4. The molecule has 1 amide bonds. The summed E-state index contributed by atoms with van der Waals surface area (Å²) in [5, 5.41) is 10.6. The van der Waals surface area contributed by atoms with E-state index in [9.17, 15) is 23.1 Å². The number of carbonyl (C=O) groups excluding carboxylic acids is 1. The molecule has 1 N–H and O–H groups in total. The van der Waals surface area contributed by atoms with Crippen molar-refractivity contribution in [2.45, 2.75) is 31.5 Å². The van der Waals surface area contributed by atoms with Crippen LogP contribution in [-0.4, -0.2) is 54.0 Å². The third-order valence-electron chi connectivity index (χ3n) is 4.31. The highest BCUT2D eigenvalue weighted by Crippen LogP contribution is 2.36. The molecule has 1 aliphatic rings. The van der Waals surface area contributed by atoms with Gasteiger partial charge in [0.25, 0.3) is 0 Å². The topological polar surface area (TPSA) is 43.8 Å². The maximum atomic E-state index is 13.1. The van der Waals surface area contributed by atoms with Gasteiger partial charge < -0.3 is 14.9 Å². The molecular formula is C17H23F3N2O2. The molecule has 0 aliphatic carbocycles. The lowest BCUT2D eigenvalue weighted by Gasteiger charge is -2.32. The Morgan fingerprint density at radius 2 is 1.88 bits per heavy atom. The molecule has 0 spiro atoms. The van der Waals surface area contributed by atoms with Crippen LogP contribution in [0, 0.1) is 0 Å². The number of likely N-dealkylation sites (N-methyl/N-ethyl adjacent to an activating group) is 1. The lowest BCUT2D eigenvalue weighted by atomic mass is 9.90. The zero-order valence-corrected chi connectivity index (χ0v) is 13.9. The summed E-state index contributed by atoms with van der Waals surface area (Å²) in [4.78, 5) is 15.1. The van der Waals surface area contributed by atoms with E-state index in [1.54, 1.807) is 16.8 Å². The second kappa shape index (κ2) is 7.11. The zero-order valence-electron chi connectivity index (χ0n) is 13.9. The Kier molecular flexibility index (Phi) is 5.55. The van der Waals surface area contributed by atoms with E-state index >= 15 is 0 Å². The highest BCUT2D eigenvalue weighted by Gasteiger charge is 2.38. The van der Waals surface area contributed by atoms with Gasteiger partial charge >= 0.3 is 6.18 Å². The molecular weight excluding hydrogens is 321 g/mol. The molecule has 1 aromatic carbocycles. The molecule has 1 unspecified atom stereocenters. The van der Waals surface area contributed by atoms with E-state index in [0.717, 1.165) is 19.0 Å². The van der Waals surface area contributed by atoms with E-state index in [2.05, 4.69) is 0 Å². The van der Waals surface area contributed by atoms with E-state index in [-0.39, 0.29) is 18.0 Å². The first kappa shape index (κ1) is 18.7. The SMILES string of the molecule is CN(CCN1CCCC1=O)CC(C)(O)c1ccccc1C(F)(F)F. The van der Waals surface area contributed by atoms with Crippen LogP contribution in [0.5, 0.6) is 0 Å². The van der Waals surface area contributed by atoms with Crippen molar-refractivity contribution in [3.05, 3.63) is 35.4 Å². The number of amides is 1. The van der Waals surface area contributed by atoms with Crippen molar-refractivity contribution in [2.75, 3.05) is 33.2 Å². The first-order valence-electron chi connectivity index (χ1n) is 7.96. The number of aliphatic hydroxyl groups is 1. The van der Waals surface area contributed by atoms with Crippen molar-refractivity contribution in [2.24, 2.45) is 0 Å². The molecule has 1 saturated heterocycles. The number of likely N-dealkylation sites (tertiary alicyclic amines) is 1. The second-order valence-corrected chi connectivity index (χ2v) is 6.54. The van der Waals surface area contributed by atoms with E-state index in [1.165, 1.54) is 25.1 Å². The van der Waals surface area contributed by atoms with E-state index in [4.69, 9.17) is 0 Å². The Morgan fingerprint density at radius 3 is 2.42 bits per heavy atom. The Bertz CT molecular complexity index is 587. The molecule has 0 radical (unpaired) electrons. The fourth-order valence-corrected chi connectivity index (χ4v) is 3.12. The van der Waals surface area contributed by atoms with Crippen LogP contribution in [0.15, 0.2) is 24.3 Å². The average Bonchev–Trinajstić information content (AvgIpc) is 2.89. The van der Waals surface area contributed by atoms with Crippen molar-refractivity contribution in [3.63, 3.8) is 0 Å². The van der Waals surface area contributed by atoms with Crippen LogP contribution in [0.25, 0.3) is 0 Å².